The fourth-order valence-corrected chi connectivity index (χ4v) is 2.12. The zero-order valence-corrected chi connectivity index (χ0v) is 11.6. The fourth-order valence-electron chi connectivity index (χ4n) is 2.12. The maximum atomic E-state index is 5.97. The van der Waals surface area contributed by atoms with E-state index >= 15 is 0 Å². The van der Waals surface area contributed by atoms with Gasteiger partial charge in [0.2, 0.25) is 5.95 Å². The minimum atomic E-state index is 0.224. The topological polar surface area (TPSA) is 104 Å². The predicted molar refractivity (Wildman–Crippen MR) is 76.5 cm³/mol. The van der Waals surface area contributed by atoms with Gasteiger partial charge in [-0.1, -0.05) is 6.07 Å². The quantitative estimate of drug-likeness (QED) is 0.748. The molecule has 0 bridgehead atoms. The lowest BCUT2D eigenvalue weighted by Crippen LogP contribution is -2.06. The molecule has 0 aliphatic heterocycles. The SMILES string of the molecule is COc1cccc(OC)c1-n1c(N)nnc1-c1ccn[nH]1. The van der Waals surface area contributed by atoms with E-state index < -0.39 is 0 Å². The number of nitrogens with zero attached hydrogens (tertiary/aromatic N) is 4. The van der Waals surface area contributed by atoms with Gasteiger partial charge in [0, 0.05) is 6.20 Å². The molecule has 3 N–H and O–H groups in total. The third-order valence-electron chi connectivity index (χ3n) is 3.06. The first kappa shape index (κ1) is 13.0. The molecule has 1 aromatic carbocycles. The van der Waals surface area contributed by atoms with Crippen LogP contribution in [0.2, 0.25) is 0 Å². The smallest absolute Gasteiger partial charge is 0.227 e. The van der Waals surface area contributed by atoms with Crippen molar-refractivity contribution >= 4 is 5.95 Å². The van der Waals surface area contributed by atoms with Crippen LogP contribution in [0, 0.1) is 0 Å². The molecule has 108 valence electrons. The summed E-state index contributed by atoms with van der Waals surface area (Å²) in [6.45, 7) is 0. The number of benzene rings is 1. The first-order valence-corrected chi connectivity index (χ1v) is 6.18. The fraction of sp³-hybridized carbons (Fsp3) is 0.154. The van der Waals surface area contributed by atoms with Crippen molar-refractivity contribution in [3.05, 3.63) is 30.5 Å². The number of anilines is 1. The van der Waals surface area contributed by atoms with Gasteiger partial charge in [0.05, 0.1) is 14.2 Å². The molecule has 2 aromatic heterocycles. The van der Waals surface area contributed by atoms with Crippen LogP contribution < -0.4 is 15.2 Å². The Labute approximate surface area is 120 Å². The van der Waals surface area contributed by atoms with E-state index in [0.717, 1.165) is 0 Å². The summed E-state index contributed by atoms with van der Waals surface area (Å²) in [5, 5.41) is 14.8. The molecule has 8 nitrogen and oxygen atoms in total. The van der Waals surface area contributed by atoms with Crippen LogP contribution in [0.3, 0.4) is 0 Å². The zero-order chi connectivity index (χ0) is 14.8. The molecule has 0 aliphatic rings. The molecule has 21 heavy (non-hydrogen) atoms. The monoisotopic (exact) mass is 286 g/mol. The minimum absolute atomic E-state index is 0.224. The highest BCUT2D eigenvalue weighted by molar-refractivity contribution is 5.65. The predicted octanol–water partition coefficient (Wildman–Crippen LogP) is 1.26. The molecule has 0 radical (unpaired) electrons. The molecule has 0 unspecified atom stereocenters. The van der Waals surface area contributed by atoms with Crippen LogP contribution in [-0.2, 0) is 0 Å². The van der Waals surface area contributed by atoms with Crippen LogP contribution in [0.1, 0.15) is 0 Å². The van der Waals surface area contributed by atoms with Gasteiger partial charge < -0.3 is 15.2 Å². The Morgan fingerprint density at radius 1 is 1.10 bits per heavy atom. The molecule has 0 amide bonds. The van der Waals surface area contributed by atoms with Crippen molar-refractivity contribution < 1.29 is 9.47 Å². The van der Waals surface area contributed by atoms with Crippen molar-refractivity contribution in [1.29, 1.82) is 0 Å². The largest absolute Gasteiger partial charge is 0.494 e. The number of aromatic nitrogens is 5. The van der Waals surface area contributed by atoms with Crippen molar-refractivity contribution in [2.45, 2.75) is 0 Å². The highest BCUT2D eigenvalue weighted by Gasteiger charge is 2.21. The lowest BCUT2D eigenvalue weighted by atomic mass is 10.2. The first-order chi connectivity index (χ1) is 10.3. The summed E-state index contributed by atoms with van der Waals surface area (Å²) in [5.41, 5.74) is 7.29. The molecule has 0 saturated heterocycles. The normalized spacial score (nSPS) is 10.6. The molecule has 3 rings (SSSR count). The summed E-state index contributed by atoms with van der Waals surface area (Å²) < 4.78 is 12.5. The number of methoxy groups -OCH3 is 2. The summed E-state index contributed by atoms with van der Waals surface area (Å²) in [6.07, 6.45) is 1.63. The summed E-state index contributed by atoms with van der Waals surface area (Å²) in [7, 11) is 3.16. The van der Waals surface area contributed by atoms with E-state index in [-0.39, 0.29) is 5.95 Å². The van der Waals surface area contributed by atoms with Gasteiger partial charge in [-0.15, -0.1) is 10.2 Å². The van der Waals surface area contributed by atoms with Crippen molar-refractivity contribution in [3.8, 4) is 28.7 Å². The third-order valence-corrected chi connectivity index (χ3v) is 3.06. The van der Waals surface area contributed by atoms with E-state index in [4.69, 9.17) is 15.2 Å². The Morgan fingerprint density at radius 3 is 2.38 bits per heavy atom. The summed E-state index contributed by atoms with van der Waals surface area (Å²) >= 11 is 0. The van der Waals surface area contributed by atoms with Crippen molar-refractivity contribution in [3.63, 3.8) is 0 Å². The van der Waals surface area contributed by atoms with Gasteiger partial charge in [0.25, 0.3) is 0 Å². The Hall–Kier alpha value is -3.03. The highest BCUT2D eigenvalue weighted by Crippen LogP contribution is 2.36. The molecule has 3 aromatic rings. The minimum Gasteiger partial charge on any atom is -0.494 e. The standard InChI is InChI=1S/C13H14N6O2/c1-20-9-4-3-5-10(21-2)11(9)19-12(17-18-13(19)14)8-6-7-15-16-8/h3-7H,1-2H3,(H2,14,18)(H,15,16). The van der Waals surface area contributed by atoms with Gasteiger partial charge in [-0.2, -0.15) is 5.10 Å². The lowest BCUT2D eigenvalue weighted by molar-refractivity contribution is 0.391. The van der Waals surface area contributed by atoms with Gasteiger partial charge in [-0.25, -0.2) is 0 Å². The molecule has 0 fully saturated rings. The van der Waals surface area contributed by atoms with Crippen molar-refractivity contribution in [2.24, 2.45) is 0 Å². The number of rotatable bonds is 4. The van der Waals surface area contributed by atoms with E-state index in [1.165, 1.54) is 0 Å². The van der Waals surface area contributed by atoms with Crippen LogP contribution in [0.25, 0.3) is 17.2 Å². The second-order valence-electron chi connectivity index (χ2n) is 4.20. The Morgan fingerprint density at radius 2 is 1.81 bits per heavy atom. The van der Waals surface area contributed by atoms with Crippen LogP contribution in [0.4, 0.5) is 5.95 Å². The number of nitrogens with two attached hydrogens (primary N) is 1. The first-order valence-electron chi connectivity index (χ1n) is 6.18. The number of nitrogen functional groups attached to an aromatic ring is 1. The molecule has 0 saturated carbocycles. The van der Waals surface area contributed by atoms with Crippen LogP contribution in [0.15, 0.2) is 30.5 Å². The maximum Gasteiger partial charge on any atom is 0.227 e. The highest BCUT2D eigenvalue weighted by atomic mass is 16.5. The number of aromatic amines is 1. The molecular weight excluding hydrogens is 272 g/mol. The van der Waals surface area contributed by atoms with Gasteiger partial charge in [-0.3, -0.25) is 9.67 Å². The summed E-state index contributed by atoms with van der Waals surface area (Å²) in [5.74, 6) is 1.94. The molecular formula is C13H14N6O2. The molecule has 8 heteroatoms. The van der Waals surface area contributed by atoms with Gasteiger partial charge >= 0.3 is 0 Å². The average Bonchev–Trinajstić information content (AvgIpc) is 3.15. The maximum absolute atomic E-state index is 5.97. The number of para-hydroxylation sites is 1. The molecule has 2 heterocycles. The molecule has 0 aliphatic carbocycles. The van der Waals surface area contributed by atoms with Gasteiger partial charge in [-0.05, 0) is 18.2 Å². The van der Waals surface area contributed by atoms with Crippen LogP contribution >= 0.6 is 0 Å². The van der Waals surface area contributed by atoms with Crippen molar-refractivity contribution in [2.75, 3.05) is 20.0 Å². The Kier molecular flexibility index (Phi) is 3.19. The number of hydrogen-bond donors (Lipinski definition) is 2. The van der Waals surface area contributed by atoms with Crippen LogP contribution in [-0.4, -0.2) is 39.2 Å². The number of hydrogen-bond acceptors (Lipinski definition) is 6. The van der Waals surface area contributed by atoms with E-state index in [9.17, 15) is 0 Å². The Bertz CT molecular complexity index is 728. The summed E-state index contributed by atoms with van der Waals surface area (Å²) in [4.78, 5) is 0. The number of nitrogens with one attached hydrogen (secondary N) is 1. The average molecular weight is 286 g/mol. The number of H-pyrrole nitrogens is 1. The Balaban J connectivity index is 2.29. The zero-order valence-electron chi connectivity index (χ0n) is 11.6. The van der Waals surface area contributed by atoms with E-state index in [1.54, 1.807) is 31.0 Å². The third kappa shape index (κ3) is 2.06. The second kappa shape index (κ2) is 5.16. The van der Waals surface area contributed by atoms with E-state index in [1.807, 2.05) is 18.2 Å². The molecule has 0 spiro atoms. The van der Waals surface area contributed by atoms with E-state index in [0.29, 0.717) is 28.7 Å². The second-order valence-corrected chi connectivity index (χ2v) is 4.20. The number of ether oxygens (including phenoxy) is 2. The van der Waals surface area contributed by atoms with Crippen molar-refractivity contribution in [1.82, 2.24) is 25.0 Å². The van der Waals surface area contributed by atoms with Gasteiger partial charge in [0.1, 0.15) is 22.9 Å². The van der Waals surface area contributed by atoms with Crippen LogP contribution in [0.5, 0.6) is 11.5 Å². The summed E-state index contributed by atoms with van der Waals surface area (Å²) in [6, 6.07) is 7.24. The van der Waals surface area contributed by atoms with E-state index in [2.05, 4.69) is 20.4 Å². The molecule has 0 atom stereocenters. The van der Waals surface area contributed by atoms with Gasteiger partial charge in [0.15, 0.2) is 5.82 Å². The lowest BCUT2D eigenvalue weighted by Gasteiger charge is -2.15.